The van der Waals surface area contributed by atoms with Crippen LogP contribution in [0.25, 0.3) is 0 Å². The van der Waals surface area contributed by atoms with Gasteiger partial charge in [-0.2, -0.15) is 0 Å². The zero-order valence-corrected chi connectivity index (χ0v) is 12.2. The van der Waals surface area contributed by atoms with Gasteiger partial charge in [0, 0.05) is 24.6 Å². The maximum Gasteiger partial charge on any atom is 0.354 e. The van der Waals surface area contributed by atoms with Crippen molar-refractivity contribution >= 4 is 5.97 Å². The van der Waals surface area contributed by atoms with Gasteiger partial charge < -0.3 is 15.2 Å². The van der Waals surface area contributed by atoms with Gasteiger partial charge in [0.2, 0.25) is 0 Å². The first-order valence-corrected chi connectivity index (χ1v) is 6.99. The van der Waals surface area contributed by atoms with Crippen molar-refractivity contribution in [2.24, 2.45) is 5.41 Å². The van der Waals surface area contributed by atoms with Gasteiger partial charge in [0.05, 0.1) is 11.8 Å². The van der Waals surface area contributed by atoms with Crippen LogP contribution in [0.5, 0.6) is 0 Å². The van der Waals surface area contributed by atoms with E-state index in [2.05, 4.69) is 24.1 Å². The van der Waals surface area contributed by atoms with Gasteiger partial charge in [-0.1, -0.05) is 19.9 Å². The number of nitrogens with one attached hydrogen (secondary N) is 1. The van der Waals surface area contributed by atoms with Crippen molar-refractivity contribution < 1.29 is 14.6 Å². The number of ether oxygens (including phenoxy) is 1. The Balaban J connectivity index is 1.90. The van der Waals surface area contributed by atoms with Crippen LogP contribution in [-0.4, -0.2) is 34.8 Å². The first kappa shape index (κ1) is 14.9. The van der Waals surface area contributed by atoms with Crippen molar-refractivity contribution in [2.75, 3.05) is 6.61 Å². The van der Waals surface area contributed by atoms with E-state index in [9.17, 15) is 4.79 Å². The quantitative estimate of drug-likeness (QED) is 0.833. The van der Waals surface area contributed by atoms with Crippen LogP contribution in [0, 0.1) is 5.41 Å². The Bertz CT molecular complexity index is 488. The van der Waals surface area contributed by atoms with Crippen molar-refractivity contribution in [3.8, 4) is 0 Å². The van der Waals surface area contributed by atoms with Crippen molar-refractivity contribution in [2.45, 2.75) is 45.9 Å². The molecular weight excluding hydrogens is 256 g/mol. The molecule has 0 aromatic carbocycles. The highest BCUT2D eigenvalue weighted by molar-refractivity contribution is 5.85. The Morgan fingerprint density at radius 2 is 2.30 bits per heavy atom. The fraction of sp³-hybridized carbons (Fsp3) is 0.600. The summed E-state index contributed by atoms with van der Waals surface area (Å²) in [6.07, 6.45) is 1.28. The third kappa shape index (κ3) is 2.99. The second kappa shape index (κ2) is 5.89. The van der Waals surface area contributed by atoms with Crippen LogP contribution in [0.1, 0.15) is 43.4 Å². The predicted molar refractivity (Wildman–Crippen MR) is 75.6 cm³/mol. The number of hydrogen-bond acceptors (Lipinski definition) is 4. The average Bonchev–Trinajstić information content (AvgIpc) is 2.42. The predicted octanol–water partition coefficient (Wildman–Crippen LogP) is 2.07. The molecule has 5 heteroatoms. The molecule has 2 N–H and O–H groups in total. The van der Waals surface area contributed by atoms with E-state index in [0.29, 0.717) is 18.7 Å². The molecule has 1 aliphatic rings. The second-order valence-corrected chi connectivity index (χ2v) is 5.75. The summed E-state index contributed by atoms with van der Waals surface area (Å²) in [4.78, 5) is 15.0. The van der Waals surface area contributed by atoms with Gasteiger partial charge in [0.15, 0.2) is 0 Å². The molecule has 1 saturated carbocycles. The standard InChI is InChI=1S/C15H22N2O3/c1-4-20-13-8-12(15(13,2)3)16-9-10-6-5-7-11(17-10)14(18)19/h5-7,12-13,16H,4,8-9H2,1-3H3,(H,18,19). The molecule has 20 heavy (non-hydrogen) atoms. The minimum absolute atomic E-state index is 0.0874. The Morgan fingerprint density at radius 3 is 2.90 bits per heavy atom. The number of aromatic carboxylic acids is 1. The van der Waals surface area contributed by atoms with Gasteiger partial charge in [0.1, 0.15) is 5.69 Å². The molecule has 1 aromatic heterocycles. The topological polar surface area (TPSA) is 71.5 Å². The summed E-state index contributed by atoms with van der Waals surface area (Å²) < 4.78 is 5.69. The summed E-state index contributed by atoms with van der Waals surface area (Å²) in [5.41, 5.74) is 0.936. The summed E-state index contributed by atoms with van der Waals surface area (Å²) in [7, 11) is 0. The van der Waals surface area contributed by atoms with Crippen LogP contribution < -0.4 is 5.32 Å². The molecule has 0 aliphatic heterocycles. The van der Waals surface area contributed by atoms with Gasteiger partial charge in [0.25, 0.3) is 0 Å². The third-order valence-electron chi connectivity index (χ3n) is 4.10. The molecule has 2 rings (SSSR count). The molecule has 0 amide bonds. The Morgan fingerprint density at radius 1 is 1.55 bits per heavy atom. The Kier molecular flexibility index (Phi) is 4.40. The smallest absolute Gasteiger partial charge is 0.354 e. The lowest BCUT2D eigenvalue weighted by Gasteiger charge is -2.51. The van der Waals surface area contributed by atoms with E-state index in [1.165, 1.54) is 6.07 Å². The Labute approximate surface area is 119 Å². The van der Waals surface area contributed by atoms with Crippen LogP contribution in [0.4, 0.5) is 0 Å². The minimum atomic E-state index is -0.993. The maximum absolute atomic E-state index is 10.9. The molecule has 1 aromatic rings. The number of carboxylic acid groups (broad SMARTS) is 1. The molecule has 110 valence electrons. The number of hydrogen-bond donors (Lipinski definition) is 2. The number of pyridine rings is 1. The van der Waals surface area contributed by atoms with E-state index < -0.39 is 5.97 Å². The fourth-order valence-electron chi connectivity index (χ4n) is 2.64. The molecule has 5 nitrogen and oxygen atoms in total. The second-order valence-electron chi connectivity index (χ2n) is 5.75. The first-order chi connectivity index (χ1) is 9.45. The van der Waals surface area contributed by atoms with Gasteiger partial charge >= 0.3 is 5.97 Å². The third-order valence-corrected chi connectivity index (χ3v) is 4.10. The van der Waals surface area contributed by atoms with Gasteiger partial charge in [-0.15, -0.1) is 0 Å². The molecule has 1 fully saturated rings. The van der Waals surface area contributed by atoms with Gasteiger partial charge in [-0.25, -0.2) is 9.78 Å². The molecule has 2 unspecified atom stereocenters. The normalized spacial score (nSPS) is 24.1. The molecule has 2 atom stereocenters. The van der Waals surface area contributed by atoms with Crippen LogP contribution >= 0.6 is 0 Å². The van der Waals surface area contributed by atoms with E-state index >= 15 is 0 Å². The van der Waals surface area contributed by atoms with Crippen molar-refractivity contribution in [1.29, 1.82) is 0 Å². The monoisotopic (exact) mass is 278 g/mol. The van der Waals surface area contributed by atoms with E-state index in [1.807, 2.05) is 13.0 Å². The van der Waals surface area contributed by atoms with Gasteiger partial charge in [-0.3, -0.25) is 0 Å². The van der Waals surface area contributed by atoms with E-state index in [-0.39, 0.29) is 11.1 Å². The molecule has 0 spiro atoms. The molecule has 0 radical (unpaired) electrons. The molecule has 0 saturated heterocycles. The summed E-state index contributed by atoms with van der Waals surface area (Å²) in [6.45, 7) is 7.71. The number of aromatic nitrogens is 1. The largest absolute Gasteiger partial charge is 0.477 e. The van der Waals surface area contributed by atoms with Gasteiger partial charge in [-0.05, 0) is 25.5 Å². The van der Waals surface area contributed by atoms with E-state index in [1.54, 1.807) is 6.07 Å². The zero-order chi connectivity index (χ0) is 14.8. The molecular formula is C15H22N2O3. The number of carboxylic acids is 1. The highest BCUT2D eigenvalue weighted by atomic mass is 16.5. The summed E-state index contributed by atoms with van der Waals surface area (Å²) >= 11 is 0. The minimum Gasteiger partial charge on any atom is -0.477 e. The average molecular weight is 278 g/mol. The zero-order valence-electron chi connectivity index (χ0n) is 12.2. The van der Waals surface area contributed by atoms with E-state index in [0.717, 1.165) is 18.7 Å². The Hall–Kier alpha value is -1.46. The lowest BCUT2D eigenvalue weighted by Crippen LogP contribution is -2.60. The number of nitrogens with zero attached hydrogens (tertiary/aromatic N) is 1. The lowest BCUT2D eigenvalue weighted by atomic mass is 9.64. The summed E-state index contributed by atoms with van der Waals surface area (Å²) in [5, 5.41) is 12.4. The van der Waals surface area contributed by atoms with Crippen molar-refractivity contribution in [1.82, 2.24) is 10.3 Å². The van der Waals surface area contributed by atoms with Crippen LogP contribution in [0.3, 0.4) is 0 Å². The summed E-state index contributed by atoms with van der Waals surface area (Å²) in [5.74, 6) is -0.993. The first-order valence-electron chi connectivity index (χ1n) is 6.99. The van der Waals surface area contributed by atoms with Crippen LogP contribution in [0.2, 0.25) is 0 Å². The molecule has 1 heterocycles. The fourth-order valence-corrected chi connectivity index (χ4v) is 2.64. The SMILES string of the molecule is CCOC1CC(NCc2cccc(C(=O)O)n2)C1(C)C. The number of rotatable bonds is 6. The van der Waals surface area contributed by atoms with E-state index in [4.69, 9.17) is 9.84 Å². The van der Waals surface area contributed by atoms with Crippen LogP contribution in [0.15, 0.2) is 18.2 Å². The molecule has 1 aliphatic carbocycles. The van der Waals surface area contributed by atoms with Crippen LogP contribution in [-0.2, 0) is 11.3 Å². The van der Waals surface area contributed by atoms with Crippen molar-refractivity contribution in [3.05, 3.63) is 29.6 Å². The highest BCUT2D eigenvalue weighted by Crippen LogP contribution is 2.42. The maximum atomic E-state index is 10.9. The highest BCUT2D eigenvalue weighted by Gasteiger charge is 2.48. The number of carbonyl (C=O) groups is 1. The summed E-state index contributed by atoms with van der Waals surface area (Å²) in [6, 6.07) is 5.44. The van der Waals surface area contributed by atoms with Crippen molar-refractivity contribution in [3.63, 3.8) is 0 Å². The molecule has 0 bridgehead atoms. The lowest BCUT2D eigenvalue weighted by molar-refractivity contribution is -0.114.